The highest BCUT2D eigenvalue weighted by molar-refractivity contribution is 5.79. The van der Waals surface area contributed by atoms with Crippen LogP contribution in [0.1, 0.15) is 40.5 Å². The van der Waals surface area contributed by atoms with Gasteiger partial charge in [-0.3, -0.25) is 4.90 Å². The first-order valence-electron chi connectivity index (χ1n) is 5.71. The van der Waals surface area contributed by atoms with Gasteiger partial charge in [0.25, 0.3) is 0 Å². The predicted octanol–water partition coefficient (Wildman–Crippen LogP) is 1.88. The molecule has 0 aromatic heterocycles. The van der Waals surface area contributed by atoms with Gasteiger partial charge in [-0.2, -0.15) is 0 Å². The molecule has 0 radical (unpaired) electrons. The van der Waals surface area contributed by atoms with Crippen molar-refractivity contribution in [3.63, 3.8) is 0 Å². The third kappa shape index (κ3) is 6.33. The highest BCUT2D eigenvalue weighted by atomic mass is 16.4. The monoisotopic (exact) mass is 215 g/mol. The average Bonchev–Trinajstić information content (AvgIpc) is 2.21. The van der Waals surface area contributed by atoms with Crippen LogP contribution < -0.4 is 5.73 Å². The zero-order valence-corrected chi connectivity index (χ0v) is 10.4. The molecule has 0 aromatic rings. The molecule has 0 amide bonds. The number of nitrogens with zero attached hydrogens (tertiary/aromatic N) is 2. The summed E-state index contributed by atoms with van der Waals surface area (Å²) in [5, 5.41) is 11.5. The summed E-state index contributed by atoms with van der Waals surface area (Å²) in [5.41, 5.74) is 5.47. The maximum Gasteiger partial charge on any atom is 0.140 e. The Morgan fingerprint density at radius 2 is 2.00 bits per heavy atom. The number of nitrogens with two attached hydrogens (primary N) is 1. The molecule has 0 aliphatic carbocycles. The number of hydrogen-bond acceptors (Lipinski definition) is 3. The molecule has 0 bridgehead atoms. The molecule has 15 heavy (non-hydrogen) atoms. The van der Waals surface area contributed by atoms with Crippen LogP contribution in [0.3, 0.4) is 0 Å². The van der Waals surface area contributed by atoms with Crippen molar-refractivity contribution in [1.82, 2.24) is 4.90 Å². The summed E-state index contributed by atoms with van der Waals surface area (Å²) in [5.74, 6) is 0.957. The molecule has 0 fully saturated rings. The van der Waals surface area contributed by atoms with Crippen LogP contribution in [0.4, 0.5) is 0 Å². The van der Waals surface area contributed by atoms with Crippen LogP contribution in [0.15, 0.2) is 5.16 Å². The molecule has 0 spiro atoms. The van der Waals surface area contributed by atoms with Gasteiger partial charge in [0.2, 0.25) is 0 Å². The topological polar surface area (TPSA) is 61.8 Å². The van der Waals surface area contributed by atoms with E-state index >= 15 is 0 Å². The standard InChI is InChI=1S/C11H25N3O/c1-5-10(4)14(8-9(2)3)7-6-11(12)13-15/h9-10,15H,5-8H2,1-4H3,(H2,12,13). The second kappa shape index (κ2) is 7.51. The van der Waals surface area contributed by atoms with Crippen molar-refractivity contribution >= 4 is 5.84 Å². The molecule has 1 unspecified atom stereocenters. The first kappa shape index (κ1) is 14.2. The third-order valence-corrected chi connectivity index (χ3v) is 2.60. The first-order chi connectivity index (χ1) is 7.01. The van der Waals surface area contributed by atoms with E-state index in [2.05, 4.69) is 37.8 Å². The van der Waals surface area contributed by atoms with Crippen LogP contribution in [0.25, 0.3) is 0 Å². The SMILES string of the molecule is CCC(C)N(CCC(N)=NO)CC(C)C. The van der Waals surface area contributed by atoms with E-state index in [9.17, 15) is 0 Å². The summed E-state index contributed by atoms with van der Waals surface area (Å²) in [6, 6.07) is 0.555. The van der Waals surface area contributed by atoms with Gasteiger partial charge in [-0.15, -0.1) is 0 Å². The molecule has 0 aliphatic heterocycles. The molecular formula is C11H25N3O. The van der Waals surface area contributed by atoms with E-state index in [1.54, 1.807) is 0 Å². The van der Waals surface area contributed by atoms with Crippen LogP contribution in [0.5, 0.6) is 0 Å². The summed E-state index contributed by atoms with van der Waals surface area (Å²) in [6.45, 7) is 10.7. The van der Waals surface area contributed by atoms with Gasteiger partial charge in [0.15, 0.2) is 0 Å². The molecule has 1 atom stereocenters. The minimum Gasteiger partial charge on any atom is -0.409 e. The van der Waals surface area contributed by atoms with Crippen molar-refractivity contribution in [2.24, 2.45) is 16.8 Å². The van der Waals surface area contributed by atoms with Gasteiger partial charge in [0, 0.05) is 25.6 Å². The van der Waals surface area contributed by atoms with Crippen LogP contribution in [-0.2, 0) is 0 Å². The summed E-state index contributed by atoms with van der Waals surface area (Å²) in [4.78, 5) is 2.39. The lowest BCUT2D eigenvalue weighted by Crippen LogP contribution is -2.38. The molecule has 90 valence electrons. The van der Waals surface area contributed by atoms with E-state index in [1.807, 2.05) is 0 Å². The van der Waals surface area contributed by atoms with Crippen LogP contribution in [0.2, 0.25) is 0 Å². The molecule has 0 saturated carbocycles. The van der Waals surface area contributed by atoms with E-state index in [0.717, 1.165) is 19.5 Å². The fourth-order valence-corrected chi connectivity index (χ4v) is 1.53. The van der Waals surface area contributed by atoms with Crippen LogP contribution in [0, 0.1) is 5.92 Å². The Bertz CT molecular complexity index is 192. The van der Waals surface area contributed by atoms with Crippen molar-refractivity contribution in [1.29, 1.82) is 0 Å². The van der Waals surface area contributed by atoms with Crippen molar-refractivity contribution in [2.45, 2.75) is 46.6 Å². The van der Waals surface area contributed by atoms with E-state index in [1.165, 1.54) is 0 Å². The molecule has 0 aliphatic rings. The zero-order chi connectivity index (χ0) is 11.8. The Balaban J connectivity index is 4.12. The van der Waals surface area contributed by atoms with Crippen molar-refractivity contribution in [3.05, 3.63) is 0 Å². The maximum absolute atomic E-state index is 8.47. The molecule has 4 heteroatoms. The van der Waals surface area contributed by atoms with Crippen molar-refractivity contribution < 1.29 is 5.21 Å². The largest absolute Gasteiger partial charge is 0.409 e. The molecule has 3 N–H and O–H groups in total. The third-order valence-electron chi connectivity index (χ3n) is 2.60. The Kier molecular flexibility index (Phi) is 7.13. The predicted molar refractivity (Wildman–Crippen MR) is 64.2 cm³/mol. The van der Waals surface area contributed by atoms with Crippen LogP contribution >= 0.6 is 0 Å². The van der Waals surface area contributed by atoms with Gasteiger partial charge in [-0.25, -0.2) is 0 Å². The summed E-state index contributed by atoms with van der Waals surface area (Å²) in [6.07, 6.45) is 1.76. The Labute approximate surface area is 93.1 Å². The minimum atomic E-state index is 0.312. The second-order valence-electron chi connectivity index (χ2n) is 4.49. The number of rotatable bonds is 7. The lowest BCUT2D eigenvalue weighted by Gasteiger charge is -2.29. The van der Waals surface area contributed by atoms with E-state index in [4.69, 9.17) is 10.9 Å². The number of hydrogen-bond donors (Lipinski definition) is 2. The number of oxime groups is 1. The number of amidine groups is 1. The van der Waals surface area contributed by atoms with Gasteiger partial charge < -0.3 is 10.9 Å². The molecule has 0 saturated heterocycles. The Hall–Kier alpha value is -0.770. The van der Waals surface area contributed by atoms with Crippen LogP contribution in [-0.4, -0.2) is 35.1 Å². The second-order valence-corrected chi connectivity index (χ2v) is 4.49. The molecule has 0 aromatic carbocycles. The van der Waals surface area contributed by atoms with E-state index in [-0.39, 0.29) is 0 Å². The highest BCUT2D eigenvalue weighted by Crippen LogP contribution is 2.08. The van der Waals surface area contributed by atoms with Gasteiger partial charge in [0.05, 0.1) is 0 Å². The van der Waals surface area contributed by atoms with Gasteiger partial charge in [0.1, 0.15) is 5.84 Å². The lowest BCUT2D eigenvalue weighted by molar-refractivity contribution is 0.186. The van der Waals surface area contributed by atoms with E-state index in [0.29, 0.717) is 24.2 Å². The Morgan fingerprint density at radius 3 is 2.40 bits per heavy atom. The van der Waals surface area contributed by atoms with Crippen molar-refractivity contribution in [2.75, 3.05) is 13.1 Å². The summed E-state index contributed by atoms with van der Waals surface area (Å²) < 4.78 is 0. The van der Waals surface area contributed by atoms with E-state index < -0.39 is 0 Å². The maximum atomic E-state index is 8.47. The molecule has 0 rings (SSSR count). The van der Waals surface area contributed by atoms with Gasteiger partial charge >= 0.3 is 0 Å². The summed E-state index contributed by atoms with van der Waals surface area (Å²) >= 11 is 0. The summed E-state index contributed by atoms with van der Waals surface area (Å²) in [7, 11) is 0. The Morgan fingerprint density at radius 1 is 1.40 bits per heavy atom. The van der Waals surface area contributed by atoms with Crippen molar-refractivity contribution in [3.8, 4) is 0 Å². The molecule has 4 nitrogen and oxygen atoms in total. The van der Waals surface area contributed by atoms with Gasteiger partial charge in [-0.1, -0.05) is 25.9 Å². The van der Waals surface area contributed by atoms with Gasteiger partial charge in [-0.05, 0) is 19.3 Å². The smallest absolute Gasteiger partial charge is 0.140 e. The fraction of sp³-hybridized carbons (Fsp3) is 0.909. The minimum absolute atomic E-state index is 0.312. The molecule has 0 heterocycles. The normalized spacial score (nSPS) is 14.9. The fourth-order valence-electron chi connectivity index (χ4n) is 1.53. The molecular weight excluding hydrogens is 190 g/mol. The quantitative estimate of drug-likeness (QED) is 0.295. The average molecular weight is 215 g/mol. The first-order valence-corrected chi connectivity index (χ1v) is 5.71. The lowest BCUT2D eigenvalue weighted by atomic mass is 10.1. The zero-order valence-electron chi connectivity index (χ0n) is 10.4. The highest BCUT2D eigenvalue weighted by Gasteiger charge is 2.13.